The molecule has 1 aromatic carbocycles. The number of ether oxygens (including phenoxy) is 1. The van der Waals surface area contributed by atoms with Crippen molar-refractivity contribution in [1.29, 1.82) is 0 Å². The second-order valence-corrected chi connectivity index (χ2v) is 6.67. The third kappa shape index (κ3) is 5.38. The molecule has 21 heavy (non-hydrogen) atoms. The molecule has 0 saturated carbocycles. The van der Waals surface area contributed by atoms with Crippen molar-refractivity contribution in [2.24, 2.45) is 17.1 Å². The molecule has 118 valence electrons. The fraction of sp³-hybridized carbons (Fsp3) is 0.588. The van der Waals surface area contributed by atoms with E-state index in [1.54, 1.807) is 7.11 Å². The molecule has 2 atom stereocenters. The van der Waals surface area contributed by atoms with Crippen molar-refractivity contribution < 1.29 is 9.53 Å². The Hall–Kier alpha value is -1.55. The number of hydrogen-bond donors (Lipinski definition) is 2. The summed E-state index contributed by atoms with van der Waals surface area (Å²) in [4.78, 5) is 12.4. The van der Waals surface area contributed by atoms with Gasteiger partial charge in [-0.05, 0) is 24.8 Å². The second kappa shape index (κ2) is 7.46. The van der Waals surface area contributed by atoms with E-state index in [1.807, 2.05) is 31.2 Å². The van der Waals surface area contributed by atoms with Crippen molar-refractivity contribution in [3.63, 3.8) is 0 Å². The van der Waals surface area contributed by atoms with Gasteiger partial charge in [0.25, 0.3) is 0 Å². The smallest absolute Gasteiger partial charge is 0.224 e. The van der Waals surface area contributed by atoms with Crippen molar-refractivity contribution in [2.75, 3.05) is 13.7 Å². The lowest BCUT2D eigenvalue weighted by molar-refractivity contribution is -0.126. The van der Waals surface area contributed by atoms with Crippen LogP contribution < -0.4 is 15.8 Å². The van der Waals surface area contributed by atoms with Crippen LogP contribution in [0.2, 0.25) is 0 Å². The maximum absolute atomic E-state index is 12.4. The van der Waals surface area contributed by atoms with Crippen LogP contribution in [0.4, 0.5) is 0 Å². The topological polar surface area (TPSA) is 64.3 Å². The van der Waals surface area contributed by atoms with E-state index in [0.29, 0.717) is 6.54 Å². The summed E-state index contributed by atoms with van der Waals surface area (Å²) in [5.41, 5.74) is 6.82. The van der Waals surface area contributed by atoms with E-state index in [-0.39, 0.29) is 23.3 Å². The minimum absolute atomic E-state index is 0.00540. The molecule has 3 N–H and O–H groups in total. The number of nitrogens with two attached hydrogens (primary N) is 1. The number of carbonyl (C=O) groups excluding carboxylic acids is 1. The Morgan fingerprint density at radius 1 is 1.33 bits per heavy atom. The van der Waals surface area contributed by atoms with E-state index in [0.717, 1.165) is 17.7 Å². The van der Waals surface area contributed by atoms with Gasteiger partial charge in [0.15, 0.2) is 0 Å². The summed E-state index contributed by atoms with van der Waals surface area (Å²) in [5.74, 6) is 0.624. The largest absolute Gasteiger partial charge is 0.496 e. The lowest BCUT2D eigenvalue weighted by Crippen LogP contribution is -2.38. The van der Waals surface area contributed by atoms with E-state index in [4.69, 9.17) is 10.5 Å². The van der Waals surface area contributed by atoms with Gasteiger partial charge in [0.05, 0.1) is 19.1 Å². The predicted octanol–water partition coefficient (Wildman–Crippen LogP) is 2.88. The van der Waals surface area contributed by atoms with Crippen LogP contribution in [0.25, 0.3) is 0 Å². The number of benzene rings is 1. The highest BCUT2D eigenvalue weighted by atomic mass is 16.5. The summed E-state index contributed by atoms with van der Waals surface area (Å²) >= 11 is 0. The van der Waals surface area contributed by atoms with Crippen molar-refractivity contribution >= 4 is 5.91 Å². The van der Waals surface area contributed by atoms with Crippen molar-refractivity contribution in [2.45, 2.75) is 40.2 Å². The molecule has 4 heteroatoms. The first kappa shape index (κ1) is 17.5. The summed E-state index contributed by atoms with van der Waals surface area (Å²) in [7, 11) is 1.63. The van der Waals surface area contributed by atoms with Crippen molar-refractivity contribution in [3.05, 3.63) is 29.8 Å². The van der Waals surface area contributed by atoms with Crippen LogP contribution in [-0.2, 0) is 4.79 Å². The van der Waals surface area contributed by atoms with Gasteiger partial charge in [-0.3, -0.25) is 4.79 Å². The molecule has 0 aliphatic heterocycles. The molecule has 0 saturated heterocycles. The molecule has 0 aliphatic carbocycles. The molecule has 1 amide bonds. The van der Waals surface area contributed by atoms with Gasteiger partial charge in [-0.15, -0.1) is 0 Å². The number of nitrogens with one attached hydrogen (secondary N) is 1. The van der Waals surface area contributed by atoms with Crippen LogP contribution in [-0.4, -0.2) is 19.6 Å². The average molecular weight is 292 g/mol. The zero-order valence-electron chi connectivity index (χ0n) is 13.8. The Kier molecular flexibility index (Phi) is 6.21. The fourth-order valence-electron chi connectivity index (χ4n) is 2.46. The molecule has 4 nitrogen and oxygen atoms in total. The SMILES string of the molecule is COc1ccccc1C(C)NC(=O)C(CN)CC(C)(C)C. The lowest BCUT2D eigenvalue weighted by atomic mass is 9.84. The quantitative estimate of drug-likeness (QED) is 0.847. The number of amides is 1. The Labute approximate surface area is 128 Å². The Morgan fingerprint density at radius 3 is 2.48 bits per heavy atom. The average Bonchev–Trinajstić information content (AvgIpc) is 2.43. The monoisotopic (exact) mass is 292 g/mol. The zero-order chi connectivity index (χ0) is 16.0. The van der Waals surface area contributed by atoms with E-state index in [2.05, 4.69) is 26.1 Å². The maximum atomic E-state index is 12.4. The van der Waals surface area contributed by atoms with Crippen LogP contribution in [0.15, 0.2) is 24.3 Å². The molecule has 1 aromatic rings. The Bertz CT molecular complexity index is 466. The van der Waals surface area contributed by atoms with Crippen molar-refractivity contribution in [1.82, 2.24) is 5.32 Å². The molecule has 0 aromatic heterocycles. The van der Waals surface area contributed by atoms with Gasteiger partial charge in [0.1, 0.15) is 5.75 Å². The highest BCUT2D eigenvalue weighted by Gasteiger charge is 2.25. The minimum atomic E-state index is -0.165. The van der Waals surface area contributed by atoms with E-state index in [1.165, 1.54) is 0 Å². The first-order valence-corrected chi connectivity index (χ1v) is 7.42. The molecule has 1 rings (SSSR count). The summed E-state index contributed by atoms with van der Waals surface area (Å²) in [6.07, 6.45) is 0.772. The van der Waals surface area contributed by atoms with E-state index < -0.39 is 0 Å². The lowest BCUT2D eigenvalue weighted by Gasteiger charge is -2.26. The highest BCUT2D eigenvalue weighted by Crippen LogP contribution is 2.27. The third-order valence-corrected chi connectivity index (χ3v) is 3.48. The summed E-state index contributed by atoms with van der Waals surface area (Å²) < 4.78 is 5.34. The van der Waals surface area contributed by atoms with Crippen LogP contribution in [0.3, 0.4) is 0 Å². The normalized spacial score (nSPS) is 14.4. The summed E-state index contributed by atoms with van der Waals surface area (Å²) in [5, 5.41) is 3.05. The molecule has 0 radical (unpaired) electrons. The van der Waals surface area contributed by atoms with Gasteiger partial charge in [-0.1, -0.05) is 39.0 Å². The van der Waals surface area contributed by atoms with Gasteiger partial charge in [0.2, 0.25) is 5.91 Å². The van der Waals surface area contributed by atoms with Gasteiger partial charge in [0, 0.05) is 12.1 Å². The Morgan fingerprint density at radius 2 is 1.95 bits per heavy atom. The molecule has 0 aliphatic rings. The molecule has 0 fully saturated rings. The number of rotatable bonds is 6. The van der Waals surface area contributed by atoms with Crippen LogP contribution in [0, 0.1) is 11.3 Å². The van der Waals surface area contributed by atoms with Crippen LogP contribution in [0.1, 0.15) is 45.7 Å². The second-order valence-electron chi connectivity index (χ2n) is 6.67. The van der Waals surface area contributed by atoms with Crippen LogP contribution in [0.5, 0.6) is 5.75 Å². The molecular weight excluding hydrogens is 264 g/mol. The third-order valence-electron chi connectivity index (χ3n) is 3.48. The highest BCUT2D eigenvalue weighted by molar-refractivity contribution is 5.79. The van der Waals surface area contributed by atoms with Gasteiger partial charge in [-0.2, -0.15) is 0 Å². The Balaban J connectivity index is 2.77. The first-order valence-electron chi connectivity index (χ1n) is 7.42. The number of carbonyl (C=O) groups is 1. The molecule has 2 unspecified atom stereocenters. The predicted molar refractivity (Wildman–Crippen MR) is 86.2 cm³/mol. The molecule has 0 spiro atoms. The van der Waals surface area contributed by atoms with Crippen molar-refractivity contribution in [3.8, 4) is 5.75 Å². The zero-order valence-corrected chi connectivity index (χ0v) is 13.8. The minimum Gasteiger partial charge on any atom is -0.496 e. The van der Waals surface area contributed by atoms with Crippen LogP contribution >= 0.6 is 0 Å². The van der Waals surface area contributed by atoms with Gasteiger partial charge >= 0.3 is 0 Å². The van der Waals surface area contributed by atoms with E-state index >= 15 is 0 Å². The van der Waals surface area contributed by atoms with E-state index in [9.17, 15) is 4.79 Å². The fourth-order valence-corrected chi connectivity index (χ4v) is 2.46. The maximum Gasteiger partial charge on any atom is 0.224 e. The molecule has 0 heterocycles. The summed E-state index contributed by atoms with van der Waals surface area (Å²) in [6, 6.07) is 7.61. The number of para-hydroxylation sites is 1. The summed E-state index contributed by atoms with van der Waals surface area (Å²) in [6.45, 7) is 8.67. The van der Waals surface area contributed by atoms with Gasteiger partial charge < -0.3 is 15.8 Å². The number of hydrogen-bond acceptors (Lipinski definition) is 3. The molecular formula is C17H28N2O2. The van der Waals surface area contributed by atoms with Gasteiger partial charge in [-0.25, -0.2) is 0 Å². The number of methoxy groups -OCH3 is 1. The first-order chi connectivity index (χ1) is 9.78. The standard InChI is InChI=1S/C17H28N2O2/c1-12(14-8-6-7-9-15(14)21-5)19-16(20)13(11-18)10-17(2,3)4/h6-9,12-13H,10-11,18H2,1-5H3,(H,19,20). The molecule has 0 bridgehead atoms.